The van der Waals surface area contributed by atoms with Crippen molar-refractivity contribution in [3.63, 3.8) is 0 Å². The first-order valence-electron chi connectivity index (χ1n) is 7.40. The van der Waals surface area contributed by atoms with Crippen molar-refractivity contribution >= 4 is 11.3 Å². The van der Waals surface area contributed by atoms with E-state index in [2.05, 4.69) is 35.0 Å². The molecule has 1 aromatic rings. The molecule has 1 aliphatic heterocycles. The first kappa shape index (κ1) is 15.0. The van der Waals surface area contributed by atoms with Gasteiger partial charge in [-0.15, -0.1) is 11.3 Å². The lowest BCUT2D eigenvalue weighted by Crippen LogP contribution is -2.45. The van der Waals surface area contributed by atoms with Gasteiger partial charge in [0.25, 0.3) is 0 Å². The number of nitrogens with one attached hydrogen (secondary N) is 1. The summed E-state index contributed by atoms with van der Waals surface area (Å²) in [5.74, 6) is 0. The predicted octanol–water partition coefficient (Wildman–Crippen LogP) is 2.30. The van der Waals surface area contributed by atoms with Crippen LogP contribution in [0.25, 0.3) is 0 Å². The normalized spacial score (nSPS) is 18.1. The second-order valence-corrected chi connectivity index (χ2v) is 6.78. The maximum atomic E-state index is 3.24. The molecular formula is C15H27N3S. The van der Waals surface area contributed by atoms with Gasteiger partial charge < -0.3 is 10.2 Å². The smallest absolute Gasteiger partial charge is 0.0296 e. The lowest BCUT2D eigenvalue weighted by molar-refractivity contribution is 0.127. The zero-order valence-electron chi connectivity index (χ0n) is 12.5. The third-order valence-corrected chi connectivity index (χ3v) is 4.91. The van der Waals surface area contributed by atoms with Crippen LogP contribution in [0.2, 0.25) is 0 Å². The molecule has 0 amide bonds. The summed E-state index contributed by atoms with van der Waals surface area (Å²) in [5.41, 5.74) is 1.53. The number of hydrogen-bond donors (Lipinski definition) is 1. The van der Waals surface area contributed by atoms with Crippen LogP contribution in [0.5, 0.6) is 0 Å². The fourth-order valence-corrected chi connectivity index (χ4v) is 3.80. The Labute approximate surface area is 121 Å². The van der Waals surface area contributed by atoms with Crippen LogP contribution in [0.1, 0.15) is 28.7 Å². The van der Waals surface area contributed by atoms with Crippen molar-refractivity contribution in [3.05, 3.63) is 21.4 Å². The van der Waals surface area contributed by atoms with Crippen molar-refractivity contribution in [2.45, 2.75) is 33.4 Å². The van der Waals surface area contributed by atoms with E-state index >= 15 is 0 Å². The number of rotatable bonds is 6. The van der Waals surface area contributed by atoms with Gasteiger partial charge in [0.1, 0.15) is 0 Å². The van der Waals surface area contributed by atoms with Crippen LogP contribution in [-0.4, -0.2) is 49.6 Å². The van der Waals surface area contributed by atoms with Gasteiger partial charge in [0.15, 0.2) is 0 Å². The van der Waals surface area contributed by atoms with Crippen molar-refractivity contribution in [3.8, 4) is 0 Å². The van der Waals surface area contributed by atoms with Gasteiger partial charge in [-0.3, -0.25) is 4.90 Å². The summed E-state index contributed by atoms with van der Waals surface area (Å²) in [5, 5.41) is 3.24. The zero-order valence-corrected chi connectivity index (χ0v) is 13.4. The van der Waals surface area contributed by atoms with E-state index in [1.54, 1.807) is 0 Å². The molecule has 3 nitrogen and oxygen atoms in total. The van der Waals surface area contributed by atoms with E-state index in [1.165, 1.54) is 54.5 Å². The van der Waals surface area contributed by atoms with Crippen LogP contribution >= 0.6 is 11.3 Å². The third-order valence-electron chi connectivity index (χ3n) is 3.82. The molecule has 0 atom stereocenters. The highest BCUT2D eigenvalue weighted by Gasteiger charge is 2.17. The molecule has 19 heavy (non-hydrogen) atoms. The first-order chi connectivity index (χ1) is 9.22. The van der Waals surface area contributed by atoms with Gasteiger partial charge >= 0.3 is 0 Å². The molecule has 4 heteroatoms. The Morgan fingerprint density at radius 2 is 1.89 bits per heavy atom. The van der Waals surface area contributed by atoms with Crippen LogP contribution in [0, 0.1) is 6.92 Å². The molecule has 2 rings (SSSR count). The molecule has 108 valence electrons. The first-order valence-corrected chi connectivity index (χ1v) is 8.22. The topological polar surface area (TPSA) is 18.5 Å². The molecule has 1 N–H and O–H groups in total. The maximum absolute atomic E-state index is 3.24. The molecule has 1 aliphatic rings. The molecular weight excluding hydrogens is 254 g/mol. The Morgan fingerprint density at radius 1 is 1.21 bits per heavy atom. The predicted molar refractivity (Wildman–Crippen MR) is 83.8 cm³/mol. The summed E-state index contributed by atoms with van der Waals surface area (Å²) >= 11 is 1.94. The Bertz CT molecular complexity index is 381. The summed E-state index contributed by atoms with van der Waals surface area (Å²) in [6.45, 7) is 12.8. The molecule has 0 saturated carbocycles. The van der Waals surface area contributed by atoms with Crippen LogP contribution in [0.3, 0.4) is 0 Å². The van der Waals surface area contributed by atoms with Crippen molar-refractivity contribution in [1.82, 2.24) is 15.1 Å². The fourth-order valence-electron chi connectivity index (χ4n) is 2.73. The SMILES string of the molecule is CCCN1CCN(Cc2cc(CNC)sc2C)CC1. The monoisotopic (exact) mass is 281 g/mol. The van der Waals surface area contributed by atoms with Crippen LogP contribution < -0.4 is 5.32 Å². The molecule has 0 spiro atoms. The van der Waals surface area contributed by atoms with E-state index in [9.17, 15) is 0 Å². The van der Waals surface area contributed by atoms with E-state index < -0.39 is 0 Å². The van der Waals surface area contributed by atoms with Gasteiger partial charge in [-0.2, -0.15) is 0 Å². The Balaban J connectivity index is 1.85. The molecule has 0 unspecified atom stereocenters. The van der Waals surface area contributed by atoms with Gasteiger partial charge in [-0.1, -0.05) is 6.92 Å². The Hall–Kier alpha value is -0.420. The minimum absolute atomic E-state index is 0.996. The van der Waals surface area contributed by atoms with Crippen LogP contribution in [0.15, 0.2) is 6.07 Å². The standard InChI is InChI=1S/C15H27N3S/c1-4-5-17-6-8-18(9-7-17)12-14-10-15(11-16-3)19-13(14)2/h10,16H,4-9,11-12H2,1-3H3. The van der Waals surface area contributed by atoms with E-state index in [1.807, 2.05) is 18.4 Å². The van der Waals surface area contributed by atoms with Gasteiger partial charge in [0.05, 0.1) is 0 Å². The lowest BCUT2D eigenvalue weighted by atomic mass is 10.2. The summed E-state index contributed by atoms with van der Waals surface area (Å²) in [6, 6.07) is 2.38. The largest absolute Gasteiger partial charge is 0.315 e. The van der Waals surface area contributed by atoms with E-state index in [-0.39, 0.29) is 0 Å². The van der Waals surface area contributed by atoms with E-state index in [0.717, 1.165) is 13.1 Å². The second kappa shape index (κ2) is 7.39. The van der Waals surface area contributed by atoms with Crippen molar-refractivity contribution in [2.75, 3.05) is 39.8 Å². The molecule has 0 aromatic carbocycles. The highest BCUT2D eigenvalue weighted by molar-refractivity contribution is 7.12. The molecule has 1 fully saturated rings. The van der Waals surface area contributed by atoms with Crippen LogP contribution in [0.4, 0.5) is 0 Å². The van der Waals surface area contributed by atoms with Gasteiger partial charge in [0, 0.05) is 49.0 Å². The number of nitrogens with zero attached hydrogens (tertiary/aromatic N) is 2. The van der Waals surface area contributed by atoms with Gasteiger partial charge in [-0.25, -0.2) is 0 Å². The van der Waals surface area contributed by atoms with Crippen molar-refractivity contribution < 1.29 is 0 Å². The average molecular weight is 281 g/mol. The van der Waals surface area contributed by atoms with Gasteiger partial charge in [0.2, 0.25) is 0 Å². The minimum atomic E-state index is 0.996. The highest BCUT2D eigenvalue weighted by Crippen LogP contribution is 2.23. The molecule has 1 aromatic heterocycles. The second-order valence-electron chi connectivity index (χ2n) is 5.44. The molecule has 2 heterocycles. The van der Waals surface area contributed by atoms with E-state index in [0.29, 0.717) is 0 Å². The molecule has 1 saturated heterocycles. The lowest BCUT2D eigenvalue weighted by Gasteiger charge is -2.34. The quantitative estimate of drug-likeness (QED) is 0.863. The Morgan fingerprint density at radius 3 is 2.53 bits per heavy atom. The minimum Gasteiger partial charge on any atom is -0.315 e. The van der Waals surface area contributed by atoms with Gasteiger partial charge in [-0.05, 0) is 38.6 Å². The van der Waals surface area contributed by atoms with E-state index in [4.69, 9.17) is 0 Å². The third kappa shape index (κ3) is 4.28. The fraction of sp³-hybridized carbons (Fsp3) is 0.733. The molecule has 0 bridgehead atoms. The van der Waals surface area contributed by atoms with Crippen molar-refractivity contribution in [1.29, 1.82) is 0 Å². The maximum Gasteiger partial charge on any atom is 0.0296 e. The highest BCUT2D eigenvalue weighted by atomic mass is 32.1. The number of aryl methyl sites for hydroxylation is 1. The molecule has 0 aliphatic carbocycles. The van der Waals surface area contributed by atoms with Crippen molar-refractivity contribution in [2.24, 2.45) is 0 Å². The summed E-state index contributed by atoms with van der Waals surface area (Å²) in [4.78, 5) is 8.13. The summed E-state index contributed by atoms with van der Waals surface area (Å²) in [7, 11) is 2.02. The van der Waals surface area contributed by atoms with Crippen LogP contribution in [-0.2, 0) is 13.1 Å². The number of hydrogen-bond acceptors (Lipinski definition) is 4. The molecule has 0 radical (unpaired) electrons. The summed E-state index contributed by atoms with van der Waals surface area (Å²) in [6.07, 6.45) is 1.27. The number of thiophene rings is 1. The number of piperazine rings is 1. The average Bonchev–Trinajstić information content (AvgIpc) is 2.73. The summed E-state index contributed by atoms with van der Waals surface area (Å²) < 4.78 is 0. The Kier molecular flexibility index (Phi) is 5.82. The zero-order chi connectivity index (χ0) is 13.7.